The fraction of sp³-hybridized carbons (Fsp3) is 0.556. The first kappa shape index (κ1) is 22.6. The van der Waals surface area contributed by atoms with Gasteiger partial charge in [-0.3, -0.25) is 9.59 Å². The van der Waals surface area contributed by atoms with E-state index in [1.807, 2.05) is 4.90 Å². The van der Waals surface area contributed by atoms with E-state index in [0.717, 1.165) is 12.8 Å². The third-order valence-electron chi connectivity index (χ3n) is 5.12. The zero-order valence-electron chi connectivity index (χ0n) is 15.5. The standard InChI is InChI=1S/C18H25N3O5S.ClH/c22-17(8-12-20-11-7-14(13-20)18(23)24)19-15-3-5-16(6-4-15)27(25,26)21-9-1-2-10-21;/h3-6,14H,1-2,7-13H2,(H,19,22)(H,23,24);1H. The molecule has 2 aliphatic heterocycles. The fourth-order valence-corrected chi connectivity index (χ4v) is 5.03. The Morgan fingerprint density at radius 1 is 1.11 bits per heavy atom. The number of sulfonamides is 1. The number of hydrogen-bond donors (Lipinski definition) is 2. The molecular formula is C18H26ClN3O5S. The molecule has 1 unspecified atom stereocenters. The summed E-state index contributed by atoms with van der Waals surface area (Å²) in [7, 11) is -3.45. The molecule has 1 atom stereocenters. The van der Waals surface area contributed by atoms with E-state index < -0.39 is 16.0 Å². The molecule has 156 valence electrons. The van der Waals surface area contributed by atoms with Crippen LogP contribution in [0.25, 0.3) is 0 Å². The first-order valence-corrected chi connectivity index (χ1v) is 10.7. The van der Waals surface area contributed by atoms with Crippen molar-refractivity contribution in [2.24, 2.45) is 5.92 Å². The molecule has 8 nitrogen and oxygen atoms in total. The molecule has 2 fully saturated rings. The van der Waals surface area contributed by atoms with Gasteiger partial charge in [-0.25, -0.2) is 8.42 Å². The van der Waals surface area contributed by atoms with Crippen LogP contribution in [0.15, 0.2) is 29.2 Å². The molecule has 2 aliphatic rings. The molecule has 0 aliphatic carbocycles. The maximum atomic E-state index is 12.5. The number of aliphatic carboxylic acids is 1. The van der Waals surface area contributed by atoms with Crippen LogP contribution in [0.2, 0.25) is 0 Å². The van der Waals surface area contributed by atoms with Crippen molar-refractivity contribution >= 4 is 40.0 Å². The van der Waals surface area contributed by atoms with Crippen LogP contribution < -0.4 is 5.32 Å². The van der Waals surface area contributed by atoms with E-state index in [-0.39, 0.29) is 35.5 Å². The molecule has 0 radical (unpaired) electrons. The zero-order valence-corrected chi connectivity index (χ0v) is 17.2. The molecule has 1 aromatic carbocycles. The average Bonchev–Trinajstić information content (AvgIpc) is 3.32. The van der Waals surface area contributed by atoms with Crippen molar-refractivity contribution < 1.29 is 23.1 Å². The number of carbonyl (C=O) groups excluding carboxylic acids is 1. The summed E-state index contributed by atoms with van der Waals surface area (Å²) >= 11 is 0. The molecule has 0 bridgehead atoms. The minimum Gasteiger partial charge on any atom is -0.481 e. The molecule has 28 heavy (non-hydrogen) atoms. The quantitative estimate of drug-likeness (QED) is 0.679. The largest absolute Gasteiger partial charge is 0.481 e. The van der Waals surface area contributed by atoms with E-state index >= 15 is 0 Å². The third-order valence-corrected chi connectivity index (χ3v) is 7.03. The second-order valence-corrected chi connectivity index (χ2v) is 9.00. The van der Waals surface area contributed by atoms with Crippen molar-refractivity contribution in [3.8, 4) is 0 Å². The predicted octanol–water partition coefficient (Wildman–Crippen LogP) is 1.63. The lowest BCUT2D eigenvalue weighted by molar-refractivity contribution is -0.141. The average molecular weight is 432 g/mol. The van der Waals surface area contributed by atoms with Crippen LogP contribution in [0.5, 0.6) is 0 Å². The van der Waals surface area contributed by atoms with Crippen LogP contribution in [0.3, 0.4) is 0 Å². The van der Waals surface area contributed by atoms with Gasteiger partial charge < -0.3 is 15.3 Å². The summed E-state index contributed by atoms with van der Waals surface area (Å²) in [5, 5.41) is 11.8. The molecule has 0 aromatic heterocycles. The number of carboxylic acids is 1. The van der Waals surface area contributed by atoms with Crippen LogP contribution in [0.4, 0.5) is 5.69 Å². The Hall–Kier alpha value is -1.68. The molecule has 2 saturated heterocycles. The van der Waals surface area contributed by atoms with Crippen LogP contribution in [0, 0.1) is 5.92 Å². The van der Waals surface area contributed by atoms with E-state index in [9.17, 15) is 18.0 Å². The van der Waals surface area contributed by atoms with Crippen LogP contribution in [0.1, 0.15) is 25.7 Å². The van der Waals surface area contributed by atoms with Gasteiger partial charge in [0.25, 0.3) is 0 Å². The Morgan fingerprint density at radius 3 is 2.32 bits per heavy atom. The number of nitrogens with zero attached hydrogens (tertiary/aromatic N) is 2. The Labute approximate surface area is 171 Å². The van der Waals surface area contributed by atoms with Crippen LogP contribution in [-0.2, 0) is 19.6 Å². The van der Waals surface area contributed by atoms with Gasteiger partial charge in [0.05, 0.1) is 10.8 Å². The van der Waals surface area contributed by atoms with Gasteiger partial charge in [0.2, 0.25) is 15.9 Å². The number of nitrogens with one attached hydrogen (secondary N) is 1. The number of halogens is 1. The smallest absolute Gasteiger partial charge is 0.307 e. The molecule has 0 spiro atoms. The second kappa shape index (κ2) is 9.69. The monoisotopic (exact) mass is 431 g/mol. The number of anilines is 1. The van der Waals surface area contributed by atoms with Crippen LogP contribution in [-0.4, -0.2) is 67.3 Å². The van der Waals surface area contributed by atoms with Gasteiger partial charge in [-0.1, -0.05) is 0 Å². The van der Waals surface area contributed by atoms with E-state index in [2.05, 4.69) is 5.32 Å². The van der Waals surface area contributed by atoms with Gasteiger partial charge in [-0.2, -0.15) is 4.31 Å². The molecule has 2 N–H and O–H groups in total. The zero-order chi connectivity index (χ0) is 19.4. The summed E-state index contributed by atoms with van der Waals surface area (Å²) in [5.74, 6) is -1.31. The fourth-order valence-electron chi connectivity index (χ4n) is 3.51. The Kier molecular flexibility index (Phi) is 7.82. The maximum absolute atomic E-state index is 12.5. The highest BCUT2D eigenvalue weighted by molar-refractivity contribution is 7.89. The van der Waals surface area contributed by atoms with Crippen LogP contribution >= 0.6 is 12.4 Å². The van der Waals surface area contributed by atoms with E-state index in [1.54, 1.807) is 12.1 Å². The summed E-state index contributed by atoms with van der Waals surface area (Å²) in [6.45, 7) is 2.79. The summed E-state index contributed by atoms with van der Waals surface area (Å²) < 4.78 is 26.5. The van der Waals surface area contributed by atoms with Gasteiger partial charge in [0.15, 0.2) is 0 Å². The topological polar surface area (TPSA) is 107 Å². The lowest BCUT2D eigenvalue weighted by Crippen LogP contribution is -2.28. The highest BCUT2D eigenvalue weighted by Crippen LogP contribution is 2.22. The number of benzene rings is 1. The Bertz CT molecular complexity index is 794. The number of likely N-dealkylation sites (tertiary alicyclic amines) is 1. The first-order valence-electron chi connectivity index (χ1n) is 9.21. The van der Waals surface area contributed by atoms with Gasteiger partial charge >= 0.3 is 5.97 Å². The Balaban J connectivity index is 0.00000280. The normalized spacial score (nSPS) is 20.6. The van der Waals surface area contributed by atoms with Crippen molar-refractivity contribution in [1.29, 1.82) is 0 Å². The number of hydrogen-bond acceptors (Lipinski definition) is 5. The highest BCUT2D eigenvalue weighted by atomic mass is 35.5. The van der Waals surface area contributed by atoms with E-state index in [1.165, 1.54) is 16.4 Å². The van der Waals surface area contributed by atoms with Gasteiger partial charge in [0, 0.05) is 38.3 Å². The SMILES string of the molecule is Cl.O=C(CCN1CCC(C(=O)O)C1)Nc1ccc(S(=O)(=O)N2CCCC2)cc1. The molecule has 0 saturated carbocycles. The van der Waals surface area contributed by atoms with Crippen molar-refractivity contribution in [2.45, 2.75) is 30.6 Å². The molecule has 10 heteroatoms. The minimum absolute atomic E-state index is 0. The lowest BCUT2D eigenvalue weighted by Gasteiger charge is -2.16. The summed E-state index contributed by atoms with van der Waals surface area (Å²) in [6, 6.07) is 6.22. The molecular weight excluding hydrogens is 406 g/mol. The Morgan fingerprint density at radius 2 is 1.75 bits per heavy atom. The number of rotatable bonds is 7. The van der Waals surface area contributed by atoms with Crippen molar-refractivity contribution in [1.82, 2.24) is 9.21 Å². The van der Waals surface area contributed by atoms with E-state index in [4.69, 9.17) is 5.11 Å². The minimum atomic E-state index is -3.45. The van der Waals surface area contributed by atoms with Gasteiger partial charge in [-0.05, 0) is 50.1 Å². The summed E-state index contributed by atoms with van der Waals surface area (Å²) in [5.41, 5.74) is 0.546. The molecule has 1 aromatic rings. The maximum Gasteiger partial charge on any atom is 0.307 e. The molecule has 2 heterocycles. The van der Waals surface area contributed by atoms with Gasteiger partial charge in [-0.15, -0.1) is 12.4 Å². The lowest BCUT2D eigenvalue weighted by atomic mass is 10.1. The van der Waals surface area contributed by atoms with Gasteiger partial charge in [0.1, 0.15) is 0 Å². The van der Waals surface area contributed by atoms with Crippen molar-refractivity contribution in [3.05, 3.63) is 24.3 Å². The third kappa shape index (κ3) is 5.44. The number of amides is 1. The number of carboxylic acid groups (broad SMARTS) is 1. The summed E-state index contributed by atoms with van der Waals surface area (Å²) in [4.78, 5) is 25.3. The number of carbonyl (C=O) groups is 2. The predicted molar refractivity (Wildman–Crippen MR) is 107 cm³/mol. The molecule has 1 amide bonds. The first-order chi connectivity index (χ1) is 12.9. The highest BCUT2D eigenvalue weighted by Gasteiger charge is 2.28. The van der Waals surface area contributed by atoms with E-state index in [0.29, 0.717) is 44.8 Å². The summed E-state index contributed by atoms with van der Waals surface area (Å²) in [6.07, 6.45) is 2.65. The van der Waals surface area contributed by atoms with Crippen molar-refractivity contribution in [2.75, 3.05) is 38.0 Å². The second-order valence-electron chi connectivity index (χ2n) is 7.06. The molecule has 3 rings (SSSR count). The van der Waals surface area contributed by atoms with Crippen molar-refractivity contribution in [3.63, 3.8) is 0 Å².